The zero-order valence-electron chi connectivity index (χ0n) is 12.8. The number of carbonyl (C=O) groups excluding carboxylic acids is 1. The first kappa shape index (κ1) is 17.7. The molecule has 6 nitrogen and oxygen atoms in total. The first-order chi connectivity index (χ1) is 10.2. The van der Waals surface area contributed by atoms with Gasteiger partial charge < -0.3 is 20.6 Å². The number of hydrogen-bond acceptors (Lipinski definition) is 5. The second kappa shape index (κ2) is 10.3. The molecule has 1 heterocycles. The number of unbranched alkanes of at least 4 members (excludes halogenated alkanes) is 6. The van der Waals surface area contributed by atoms with Crippen molar-refractivity contribution in [2.45, 2.75) is 57.9 Å². The van der Waals surface area contributed by atoms with E-state index in [-0.39, 0.29) is 24.1 Å². The molecule has 4 N–H and O–H groups in total. The molecule has 0 radical (unpaired) electrons. The van der Waals surface area contributed by atoms with Crippen LogP contribution in [0.1, 0.15) is 74.3 Å². The maximum absolute atomic E-state index is 11.8. The summed E-state index contributed by atoms with van der Waals surface area (Å²) in [4.78, 5) is 15.8. The van der Waals surface area contributed by atoms with Crippen molar-refractivity contribution < 1.29 is 14.3 Å². The first-order valence-corrected chi connectivity index (χ1v) is 7.79. The molecule has 0 fully saturated rings. The quantitative estimate of drug-likeness (QED) is 0.543. The van der Waals surface area contributed by atoms with Gasteiger partial charge in [-0.25, -0.2) is 4.98 Å². The van der Waals surface area contributed by atoms with E-state index in [0.717, 1.165) is 12.8 Å². The number of nitrogens with zero attached hydrogens (tertiary/aromatic N) is 1. The van der Waals surface area contributed by atoms with Gasteiger partial charge in [0.05, 0.1) is 6.61 Å². The van der Waals surface area contributed by atoms with Gasteiger partial charge in [-0.2, -0.15) is 0 Å². The molecule has 1 rings (SSSR count). The van der Waals surface area contributed by atoms with Gasteiger partial charge in [-0.05, 0) is 6.42 Å². The molecule has 0 spiro atoms. The summed E-state index contributed by atoms with van der Waals surface area (Å²) in [6, 6.07) is -0.685. The fourth-order valence-electron chi connectivity index (χ4n) is 2.01. The van der Waals surface area contributed by atoms with Gasteiger partial charge in [-0.1, -0.05) is 45.4 Å². The molecular weight excluding hydrogens is 270 g/mol. The second-order valence-electron chi connectivity index (χ2n) is 5.24. The number of hydrogen-bond donors (Lipinski definition) is 3. The highest BCUT2D eigenvalue weighted by molar-refractivity contribution is 5.91. The highest BCUT2D eigenvalue weighted by atomic mass is 16.3. The van der Waals surface area contributed by atoms with E-state index >= 15 is 0 Å². The molecule has 0 bridgehead atoms. The van der Waals surface area contributed by atoms with Crippen molar-refractivity contribution in [1.82, 2.24) is 10.3 Å². The molecule has 1 amide bonds. The molecule has 0 aromatic carbocycles. The monoisotopic (exact) mass is 297 g/mol. The maximum Gasteiger partial charge on any atom is 0.273 e. The van der Waals surface area contributed by atoms with E-state index in [4.69, 9.17) is 15.3 Å². The summed E-state index contributed by atoms with van der Waals surface area (Å²) in [5.74, 6) is -0.0836. The SMILES string of the molecule is CCCCCCCCCNC(=O)c1coc(C(N)CO)n1. The predicted molar refractivity (Wildman–Crippen MR) is 80.8 cm³/mol. The molecule has 1 aromatic heterocycles. The van der Waals surface area contributed by atoms with Crippen molar-refractivity contribution >= 4 is 5.91 Å². The van der Waals surface area contributed by atoms with Crippen LogP contribution in [0.3, 0.4) is 0 Å². The molecule has 120 valence electrons. The van der Waals surface area contributed by atoms with Crippen LogP contribution in [0.4, 0.5) is 0 Å². The first-order valence-electron chi connectivity index (χ1n) is 7.79. The molecule has 1 atom stereocenters. The minimum absolute atomic E-state index is 0.179. The summed E-state index contributed by atoms with van der Waals surface area (Å²) in [5, 5.41) is 11.7. The third kappa shape index (κ3) is 6.73. The third-order valence-corrected chi connectivity index (χ3v) is 3.33. The highest BCUT2D eigenvalue weighted by Crippen LogP contribution is 2.09. The lowest BCUT2D eigenvalue weighted by Crippen LogP contribution is -2.25. The molecule has 0 aliphatic carbocycles. The van der Waals surface area contributed by atoms with Crippen LogP contribution in [0.2, 0.25) is 0 Å². The zero-order valence-corrected chi connectivity index (χ0v) is 12.8. The van der Waals surface area contributed by atoms with Crippen LogP contribution in [0.5, 0.6) is 0 Å². The average molecular weight is 297 g/mol. The van der Waals surface area contributed by atoms with Crippen LogP contribution in [0.15, 0.2) is 10.7 Å². The van der Waals surface area contributed by atoms with E-state index in [1.165, 1.54) is 38.4 Å². The number of aliphatic hydroxyl groups is 1. The minimum atomic E-state index is -0.685. The molecule has 21 heavy (non-hydrogen) atoms. The summed E-state index contributed by atoms with van der Waals surface area (Å²) in [5.41, 5.74) is 5.76. The number of nitrogens with two attached hydrogens (primary N) is 1. The van der Waals surface area contributed by atoms with Crippen LogP contribution in [0, 0.1) is 0 Å². The zero-order chi connectivity index (χ0) is 15.5. The molecule has 0 aliphatic rings. The van der Waals surface area contributed by atoms with Gasteiger partial charge in [0.25, 0.3) is 5.91 Å². The lowest BCUT2D eigenvalue weighted by Gasteiger charge is -2.03. The van der Waals surface area contributed by atoms with Crippen molar-refractivity contribution in [3.8, 4) is 0 Å². The second-order valence-corrected chi connectivity index (χ2v) is 5.24. The number of aromatic nitrogens is 1. The van der Waals surface area contributed by atoms with Crippen molar-refractivity contribution in [1.29, 1.82) is 0 Å². The van der Waals surface area contributed by atoms with E-state index in [9.17, 15) is 4.79 Å². The topological polar surface area (TPSA) is 101 Å². The Kier molecular flexibility index (Phi) is 8.69. The molecule has 1 unspecified atom stereocenters. The van der Waals surface area contributed by atoms with E-state index in [1.807, 2.05) is 0 Å². The molecular formula is C15H27N3O3. The lowest BCUT2D eigenvalue weighted by molar-refractivity contribution is 0.0948. The Morgan fingerprint density at radius 2 is 2.00 bits per heavy atom. The van der Waals surface area contributed by atoms with Crippen LogP contribution in [-0.2, 0) is 0 Å². The number of rotatable bonds is 11. The molecule has 6 heteroatoms. The third-order valence-electron chi connectivity index (χ3n) is 3.33. The van der Waals surface area contributed by atoms with Crippen molar-refractivity contribution in [3.05, 3.63) is 17.8 Å². The summed E-state index contributed by atoms with van der Waals surface area (Å²) >= 11 is 0. The minimum Gasteiger partial charge on any atom is -0.446 e. The van der Waals surface area contributed by atoms with E-state index < -0.39 is 6.04 Å². The average Bonchev–Trinajstić information content (AvgIpc) is 2.99. The maximum atomic E-state index is 11.8. The molecule has 0 aliphatic heterocycles. The van der Waals surface area contributed by atoms with E-state index in [0.29, 0.717) is 6.54 Å². The lowest BCUT2D eigenvalue weighted by atomic mass is 10.1. The standard InChI is InChI=1S/C15H27N3O3/c1-2-3-4-5-6-7-8-9-17-14(20)13-11-21-15(18-13)12(16)10-19/h11-12,19H,2-10,16H2,1H3,(H,17,20). The summed E-state index contributed by atoms with van der Waals surface area (Å²) < 4.78 is 5.06. The molecule has 0 saturated carbocycles. The van der Waals surface area contributed by atoms with Gasteiger partial charge in [0.1, 0.15) is 12.3 Å². The smallest absolute Gasteiger partial charge is 0.273 e. The summed E-state index contributed by atoms with van der Waals surface area (Å²) in [7, 11) is 0. The number of carbonyl (C=O) groups is 1. The normalized spacial score (nSPS) is 12.3. The fourth-order valence-corrected chi connectivity index (χ4v) is 2.01. The molecule has 0 saturated heterocycles. The van der Waals surface area contributed by atoms with Crippen molar-refractivity contribution in [2.24, 2.45) is 5.73 Å². The number of nitrogens with one attached hydrogen (secondary N) is 1. The predicted octanol–water partition coefficient (Wildman–Crippen LogP) is 2.15. The van der Waals surface area contributed by atoms with Gasteiger partial charge >= 0.3 is 0 Å². The van der Waals surface area contributed by atoms with E-state index in [1.54, 1.807) is 0 Å². The van der Waals surface area contributed by atoms with Crippen LogP contribution >= 0.6 is 0 Å². The Hall–Kier alpha value is -1.40. The number of aliphatic hydroxyl groups excluding tert-OH is 1. The number of amides is 1. The largest absolute Gasteiger partial charge is 0.446 e. The van der Waals surface area contributed by atoms with Crippen LogP contribution in [0.25, 0.3) is 0 Å². The van der Waals surface area contributed by atoms with Gasteiger partial charge in [0.15, 0.2) is 5.69 Å². The number of oxazole rings is 1. The van der Waals surface area contributed by atoms with Crippen molar-refractivity contribution in [2.75, 3.05) is 13.2 Å². The molecule has 1 aromatic rings. The van der Waals surface area contributed by atoms with Gasteiger partial charge in [-0.15, -0.1) is 0 Å². The van der Waals surface area contributed by atoms with E-state index in [2.05, 4.69) is 17.2 Å². The van der Waals surface area contributed by atoms with Crippen LogP contribution in [-0.4, -0.2) is 29.1 Å². The Balaban J connectivity index is 2.15. The van der Waals surface area contributed by atoms with Gasteiger partial charge in [-0.3, -0.25) is 4.79 Å². The summed E-state index contributed by atoms with van der Waals surface area (Å²) in [6.45, 7) is 2.58. The Morgan fingerprint density at radius 1 is 1.33 bits per heavy atom. The highest BCUT2D eigenvalue weighted by Gasteiger charge is 2.15. The Bertz CT molecular complexity index is 407. The van der Waals surface area contributed by atoms with Gasteiger partial charge in [0.2, 0.25) is 5.89 Å². The van der Waals surface area contributed by atoms with Crippen LogP contribution < -0.4 is 11.1 Å². The van der Waals surface area contributed by atoms with Crippen molar-refractivity contribution in [3.63, 3.8) is 0 Å². The summed E-state index contributed by atoms with van der Waals surface area (Å²) in [6.07, 6.45) is 9.72. The Morgan fingerprint density at radius 3 is 2.67 bits per heavy atom. The Labute approximate surface area is 126 Å². The van der Waals surface area contributed by atoms with Gasteiger partial charge in [0, 0.05) is 6.54 Å². The fraction of sp³-hybridized carbons (Fsp3) is 0.733.